The van der Waals surface area contributed by atoms with Gasteiger partial charge in [-0.3, -0.25) is 4.79 Å². The van der Waals surface area contributed by atoms with Gasteiger partial charge in [0, 0.05) is 17.3 Å². The summed E-state index contributed by atoms with van der Waals surface area (Å²) in [4.78, 5) is 11.1. The number of ketones is 1. The summed E-state index contributed by atoms with van der Waals surface area (Å²) in [5.74, 6) is 0.115. The molecule has 1 aliphatic carbocycles. The van der Waals surface area contributed by atoms with Crippen molar-refractivity contribution in [1.82, 2.24) is 0 Å². The van der Waals surface area contributed by atoms with Gasteiger partial charge in [-0.25, -0.2) is 0 Å². The van der Waals surface area contributed by atoms with Crippen LogP contribution >= 0.6 is 0 Å². The SMILES string of the molecule is CC(=O)c1ccc(NC2C=CCCC2)cc1. The minimum absolute atomic E-state index is 0.115. The predicted octanol–water partition coefficient (Wildman–Crippen LogP) is 3.41. The van der Waals surface area contributed by atoms with E-state index >= 15 is 0 Å². The van der Waals surface area contributed by atoms with Crippen molar-refractivity contribution in [3.05, 3.63) is 42.0 Å². The van der Waals surface area contributed by atoms with Crippen molar-refractivity contribution < 1.29 is 4.79 Å². The molecule has 2 heteroatoms. The number of anilines is 1. The first-order valence-electron chi connectivity index (χ1n) is 5.80. The highest BCUT2D eigenvalue weighted by molar-refractivity contribution is 5.94. The fourth-order valence-corrected chi connectivity index (χ4v) is 1.95. The van der Waals surface area contributed by atoms with Crippen LogP contribution in [0.25, 0.3) is 0 Å². The number of carbonyl (C=O) groups is 1. The molecule has 0 radical (unpaired) electrons. The average molecular weight is 215 g/mol. The first-order chi connectivity index (χ1) is 7.75. The molecule has 0 aliphatic heterocycles. The minimum Gasteiger partial charge on any atom is -0.379 e. The maximum Gasteiger partial charge on any atom is 0.159 e. The highest BCUT2D eigenvalue weighted by atomic mass is 16.1. The molecule has 0 bridgehead atoms. The van der Waals surface area contributed by atoms with Crippen LogP contribution in [-0.4, -0.2) is 11.8 Å². The number of Topliss-reactive ketones (excluding diaryl/α,β-unsaturated/α-hetero) is 1. The van der Waals surface area contributed by atoms with E-state index in [1.807, 2.05) is 24.3 Å². The maximum atomic E-state index is 11.1. The Balaban J connectivity index is 2.02. The standard InChI is InChI=1S/C14H17NO/c1-11(16)12-7-9-14(10-8-12)15-13-5-3-2-4-6-13/h3,5,7-10,13,15H,2,4,6H2,1H3. The molecule has 0 amide bonds. The van der Waals surface area contributed by atoms with Gasteiger partial charge in [0.15, 0.2) is 5.78 Å². The molecule has 84 valence electrons. The van der Waals surface area contributed by atoms with Gasteiger partial charge >= 0.3 is 0 Å². The van der Waals surface area contributed by atoms with Gasteiger partial charge < -0.3 is 5.32 Å². The Kier molecular flexibility index (Phi) is 3.40. The lowest BCUT2D eigenvalue weighted by molar-refractivity contribution is 0.101. The third-order valence-corrected chi connectivity index (χ3v) is 2.90. The Hall–Kier alpha value is -1.57. The highest BCUT2D eigenvalue weighted by Gasteiger charge is 2.07. The fraction of sp³-hybridized carbons (Fsp3) is 0.357. The van der Waals surface area contributed by atoms with Crippen LogP contribution in [0.4, 0.5) is 5.69 Å². The van der Waals surface area contributed by atoms with Crippen molar-refractivity contribution in [3.63, 3.8) is 0 Å². The lowest BCUT2D eigenvalue weighted by atomic mass is 10.0. The molecule has 0 fully saturated rings. The van der Waals surface area contributed by atoms with E-state index in [9.17, 15) is 4.79 Å². The van der Waals surface area contributed by atoms with Crippen LogP contribution in [0, 0.1) is 0 Å². The third-order valence-electron chi connectivity index (χ3n) is 2.90. The van der Waals surface area contributed by atoms with Gasteiger partial charge in [-0.05, 0) is 50.5 Å². The number of hydrogen-bond donors (Lipinski definition) is 1. The second-order valence-electron chi connectivity index (χ2n) is 4.24. The van der Waals surface area contributed by atoms with E-state index in [0.29, 0.717) is 6.04 Å². The molecule has 2 rings (SSSR count). The molecule has 1 aromatic rings. The zero-order chi connectivity index (χ0) is 11.4. The van der Waals surface area contributed by atoms with Crippen LogP contribution in [0.1, 0.15) is 36.5 Å². The van der Waals surface area contributed by atoms with Gasteiger partial charge in [0.05, 0.1) is 0 Å². The van der Waals surface area contributed by atoms with E-state index in [0.717, 1.165) is 11.3 Å². The van der Waals surface area contributed by atoms with E-state index in [4.69, 9.17) is 0 Å². The fourth-order valence-electron chi connectivity index (χ4n) is 1.95. The van der Waals surface area contributed by atoms with E-state index in [1.54, 1.807) is 6.92 Å². The van der Waals surface area contributed by atoms with E-state index < -0.39 is 0 Å². The molecule has 1 atom stereocenters. The molecule has 0 spiro atoms. The molecule has 2 nitrogen and oxygen atoms in total. The van der Waals surface area contributed by atoms with Gasteiger partial charge in [-0.2, -0.15) is 0 Å². The monoisotopic (exact) mass is 215 g/mol. The van der Waals surface area contributed by atoms with E-state index in [-0.39, 0.29) is 5.78 Å². The molecule has 1 N–H and O–H groups in total. The van der Waals surface area contributed by atoms with Gasteiger partial charge in [0.25, 0.3) is 0 Å². The normalized spacial score (nSPS) is 19.4. The van der Waals surface area contributed by atoms with Crippen molar-refractivity contribution in [2.75, 3.05) is 5.32 Å². The molecule has 0 saturated heterocycles. The quantitative estimate of drug-likeness (QED) is 0.618. The van der Waals surface area contributed by atoms with Crippen molar-refractivity contribution in [2.24, 2.45) is 0 Å². The first-order valence-corrected chi connectivity index (χ1v) is 5.80. The Bertz CT molecular complexity index is 392. The summed E-state index contributed by atoms with van der Waals surface area (Å²) in [7, 11) is 0. The van der Waals surface area contributed by atoms with Crippen LogP contribution in [0.2, 0.25) is 0 Å². The smallest absolute Gasteiger partial charge is 0.159 e. The molecule has 1 aliphatic rings. The highest BCUT2D eigenvalue weighted by Crippen LogP contribution is 2.17. The number of allylic oxidation sites excluding steroid dienone is 1. The summed E-state index contributed by atoms with van der Waals surface area (Å²) in [6.45, 7) is 1.59. The Morgan fingerprint density at radius 1 is 1.31 bits per heavy atom. The second kappa shape index (κ2) is 4.97. The first kappa shape index (κ1) is 10.9. The molecule has 1 aromatic carbocycles. The maximum absolute atomic E-state index is 11.1. The summed E-state index contributed by atoms with van der Waals surface area (Å²) < 4.78 is 0. The second-order valence-corrected chi connectivity index (χ2v) is 4.24. The summed E-state index contributed by atoms with van der Waals surface area (Å²) >= 11 is 0. The minimum atomic E-state index is 0.115. The molecular formula is C14H17NO. The molecule has 0 aromatic heterocycles. The van der Waals surface area contributed by atoms with Crippen LogP contribution in [0.5, 0.6) is 0 Å². The van der Waals surface area contributed by atoms with Crippen LogP contribution in [0.15, 0.2) is 36.4 Å². The van der Waals surface area contributed by atoms with Crippen molar-refractivity contribution in [1.29, 1.82) is 0 Å². The number of hydrogen-bond acceptors (Lipinski definition) is 2. The molecule has 0 heterocycles. The van der Waals surface area contributed by atoms with Gasteiger partial charge in [0.1, 0.15) is 0 Å². The predicted molar refractivity (Wildman–Crippen MR) is 66.8 cm³/mol. The lowest BCUT2D eigenvalue weighted by Gasteiger charge is -2.19. The molecular weight excluding hydrogens is 198 g/mol. The third kappa shape index (κ3) is 2.72. The lowest BCUT2D eigenvalue weighted by Crippen LogP contribution is -2.18. The van der Waals surface area contributed by atoms with E-state index in [1.165, 1.54) is 19.3 Å². The largest absolute Gasteiger partial charge is 0.379 e. The van der Waals surface area contributed by atoms with Crippen LogP contribution in [-0.2, 0) is 0 Å². The number of benzene rings is 1. The zero-order valence-corrected chi connectivity index (χ0v) is 9.57. The zero-order valence-electron chi connectivity index (χ0n) is 9.57. The number of rotatable bonds is 3. The summed E-state index contributed by atoms with van der Waals surface area (Å²) in [6, 6.07) is 8.13. The summed E-state index contributed by atoms with van der Waals surface area (Å²) in [6.07, 6.45) is 8.08. The van der Waals surface area contributed by atoms with Crippen molar-refractivity contribution >= 4 is 11.5 Å². The summed E-state index contributed by atoms with van der Waals surface area (Å²) in [5.41, 5.74) is 1.85. The number of nitrogens with one attached hydrogen (secondary N) is 1. The summed E-state index contributed by atoms with van der Waals surface area (Å²) in [5, 5.41) is 3.45. The van der Waals surface area contributed by atoms with Crippen molar-refractivity contribution in [3.8, 4) is 0 Å². The van der Waals surface area contributed by atoms with E-state index in [2.05, 4.69) is 17.5 Å². The molecule has 0 saturated carbocycles. The van der Waals surface area contributed by atoms with Gasteiger partial charge in [-0.1, -0.05) is 12.2 Å². The Morgan fingerprint density at radius 2 is 2.06 bits per heavy atom. The van der Waals surface area contributed by atoms with Crippen molar-refractivity contribution in [2.45, 2.75) is 32.2 Å². The number of carbonyl (C=O) groups excluding carboxylic acids is 1. The van der Waals surface area contributed by atoms with Crippen LogP contribution in [0.3, 0.4) is 0 Å². The molecule has 1 unspecified atom stereocenters. The Labute approximate surface area is 96.4 Å². The Morgan fingerprint density at radius 3 is 2.62 bits per heavy atom. The van der Waals surface area contributed by atoms with Gasteiger partial charge in [-0.15, -0.1) is 0 Å². The van der Waals surface area contributed by atoms with Gasteiger partial charge in [0.2, 0.25) is 0 Å². The average Bonchev–Trinajstić information content (AvgIpc) is 2.31. The topological polar surface area (TPSA) is 29.1 Å². The molecule has 16 heavy (non-hydrogen) atoms. The van der Waals surface area contributed by atoms with Crippen LogP contribution < -0.4 is 5.32 Å².